The SMILES string of the molecule is CCCC(N=C=S)=S=O. The van der Waals surface area contributed by atoms with E-state index in [9.17, 15) is 4.21 Å². The lowest BCUT2D eigenvalue weighted by molar-refractivity contribution is 0.700. The summed E-state index contributed by atoms with van der Waals surface area (Å²) in [5, 5.41) is 2.15. The lowest BCUT2D eigenvalue weighted by Crippen LogP contribution is -1.89. The molecule has 0 fully saturated rings. The Kier molecular flexibility index (Phi) is 5.62. The van der Waals surface area contributed by atoms with Crippen LogP contribution in [0.25, 0.3) is 0 Å². The molecule has 4 heteroatoms. The minimum Gasteiger partial charge on any atom is -0.210 e. The van der Waals surface area contributed by atoms with E-state index in [4.69, 9.17) is 0 Å². The number of isothiocyanates is 1. The second-order valence-corrected chi connectivity index (χ2v) is 2.25. The van der Waals surface area contributed by atoms with Crippen LogP contribution in [0.1, 0.15) is 19.8 Å². The highest BCUT2D eigenvalue weighted by Crippen LogP contribution is 1.88. The second-order valence-electron chi connectivity index (χ2n) is 1.43. The summed E-state index contributed by atoms with van der Waals surface area (Å²) in [6.07, 6.45) is 1.63. The van der Waals surface area contributed by atoms with Crippen LogP contribution >= 0.6 is 12.2 Å². The van der Waals surface area contributed by atoms with Crippen LogP contribution in [0.2, 0.25) is 0 Å². The van der Waals surface area contributed by atoms with Gasteiger partial charge in [0.25, 0.3) is 0 Å². The first-order valence-corrected chi connectivity index (χ1v) is 3.73. The number of aliphatic imine (C=N–C) groups is 1. The van der Waals surface area contributed by atoms with E-state index >= 15 is 0 Å². The summed E-state index contributed by atoms with van der Waals surface area (Å²) < 4.78 is 10.1. The maximum Gasteiger partial charge on any atom is 0.144 e. The molecule has 9 heavy (non-hydrogen) atoms. The van der Waals surface area contributed by atoms with Crippen LogP contribution in [0.4, 0.5) is 0 Å². The van der Waals surface area contributed by atoms with Gasteiger partial charge in [0, 0.05) is 6.42 Å². The van der Waals surface area contributed by atoms with Crippen molar-refractivity contribution in [1.82, 2.24) is 0 Å². The quantitative estimate of drug-likeness (QED) is 0.450. The summed E-state index contributed by atoms with van der Waals surface area (Å²) in [4.78, 5) is 4.09. The molecule has 0 N–H and O–H groups in total. The number of nitrogens with zero attached hydrogens (tertiary/aromatic N) is 1. The molecule has 0 bridgehead atoms. The molecule has 0 aromatic rings. The maximum atomic E-state index is 10.1. The molecule has 2 nitrogen and oxygen atoms in total. The average molecular weight is 161 g/mol. The first-order valence-electron chi connectivity index (χ1n) is 2.58. The van der Waals surface area contributed by atoms with Crippen molar-refractivity contribution >= 4 is 33.6 Å². The third-order valence-electron chi connectivity index (χ3n) is 0.730. The van der Waals surface area contributed by atoms with Gasteiger partial charge in [-0.1, -0.05) is 6.92 Å². The van der Waals surface area contributed by atoms with Gasteiger partial charge in [0.2, 0.25) is 0 Å². The van der Waals surface area contributed by atoms with Gasteiger partial charge in [-0.15, -0.1) is 0 Å². The summed E-state index contributed by atoms with van der Waals surface area (Å²) in [6.45, 7) is 1.98. The molecule has 0 radical (unpaired) electrons. The molecule has 0 aromatic heterocycles. The Morgan fingerprint density at radius 1 is 1.89 bits per heavy atom. The largest absolute Gasteiger partial charge is 0.210 e. The molecule has 0 heterocycles. The van der Waals surface area contributed by atoms with Crippen molar-refractivity contribution < 1.29 is 4.21 Å². The van der Waals surface area contributed by atoms with Gasteiger partial charge < -0.3 is 0 Å². The first kappa shape index (κ1) is 8.69. The van der Waals surface area contributed by atoms with Crippen LogP contribution in [0.3, 0.4) is 0 Å². The molecular weight excluding hydrogens is 154 g/mol. The monoisotopic (exact) mass is 161 g/mol. The van der Waals surface area contributed by atoms with Gasteiger partial charge in [-0.25, -0.2) is 4.21 Å². The van der Waals surface area contributed by atoms with Gasteiger partial charge in [-0.2, -0.15) is 4.99 Å². The molecule has 50 valence electrons. The predicted molar refractivity (Wildman–Crippen MR) is 43.1 cm³/mol. The highest BCUT2D eigenvalue weighted by atomic mass is 32.1. The van der Waals surface area contributed by atoms with Crippen molar-refractivity contribution in [3.63, 3.8) is 0 Å². The lowest BCUT2D eigenvalue weighted by Gasteiger charge is -1.85. The van der Waals surface area contributed by atoms with E-state index in [1.54, 1.807) is 0 Å². The number of hydrogen-bond donors (Lipinski definition) is 0. The van der Waals surface area contributed by atoms with Gasteiger partial charge >= 0.3 is 0 Å². The van der Waals surface area contributed by atoms with Crippen molar-refractivity contribution in [3.05, 3.63) is 0 Å². The van der Waals surface area contributed by atoms with Gasteiger partial charge in [0.05, 0.1) is 5.16 Å². The Morgan fingerprint density at radius 2 is 2.56 bits per heavy atom. The van der Waals surface area contributed by atoms with Gasteiger partial charge in [-0.3, -0.25) is 0 Å². The smallest absolute Gasteiger partial charge is 0.144 e. The van der Waals surface area contributed by atoms with E-state index in [0.717, 1.165) is 6.42 Å². The van der Waals surface area contributed by atoms with E-state index in [1.165, 1.54) is 0 Å². The lowest BCUT2D eigenvalue weighted by atomic mass is 10.3. The summed E-state index contributed by atoms with van der Waals surface area (Å²) in [5.74, 6) is 0. The fourth-order valence-electron chi connectivity index (χ4n) is 0.381. The molecule has 0 aliphatic carbocycles. The Balaban J connectivity index is 4.01. The Labute approximate surface area is 63.1 Å². The fourth-order valence-corrected chi connectivity index (χ4v) is 0.919. The molecule has 0 aliphatic heterocycles. The topological polar surface area (TPSA) is 29.4 Å². The van der Waals surface area contributed by atoms with Crippen LogP contribution in [0, 0.1) is 0 Å². The van der Waals surface area contributed by atoms with Crippen LogP contribution in [-0.2, 0) is 11.3 Å². The van der Waals surface area contributed by atoms with Crippen LogP contribution < -0.4 is 0 Å². The van der Waals surface area contributed by atoms with E-state index in [-0.39, 0.29) is 0 Å². The Hall–Kier alpha value is -0.310. The molecule has 0 saturated carbocycles. The van der Waals surface area contributed by atoms with E-state index in [1.807, 2.05) is 6.92 Å². The zero-order valence-corrected chi connectivity index (χ0v) is 6.72. The number of hydrogen-bond acceptors (Lipinski definition) is 2. The normalized spacial score (nSPS) is 7.67. The zero-order chi connectivity index (χ0) is 7.11. The van der Waals surface area contributed by atoms with Crippen LogP contribution in [0.5, 0.6) is 0 Å². The molecule has 0 aliphatic rings. The Morgan fingerprint density at radius 3 is 2.89 bits per heavy atom. The standard InChI is InChI=1S/C5H7NOS2/c1-2-3-5(9-7)6-4-8/h2-3H2,1H3. The van der Waals surface area contributed by atoms with E-state index in [0.29, 0.717) is 22.7 Å². The molecule has 0 amide bonds. The highest BCUT2D eigenvalue weighted by molar-refractivity contribution is 7.78. The summed E-state index contributed by atoms with van der Waals surface area (Å²) in [7, 11) is 0. The molecule has 0 aromatic carbocycles. The zero-order valence-electron chi connectivity index (χ0n) is 5.09. The van der Waals surface area contributed by atoms with E-state index in [2.05, 4.69) is 22.4 Å². The van der Waals surface area contributed by atoms with Crippen LogP contribution in [-0.4, -0.2) is 14.4 Å². The fraction of sp³-hybridized carbons (Fsp3) is 0.600. The molecule has 0 rings (SSSR count). The van der Waals surface area contributed by atoms with E-state index < -0.39 is 0 Å². The highest BCUT2D eigenvalue weighted by Gasteiger charge is 1.89. The second kappa shape index (κ2) is 5.82. The average Bonchev–Trinajstić information content (AvgIpc) is 1.88. The van der Waals surface area contributed by atoms with Gasteiger partial charge in [0.15, 0.2) is 0 Å². The maximum absolute atomic E-state index is 10.1. The minimum atomic E-state index is 0.390. The summed E-state index contributed by atoms with van der Waals surface area (Å²) in [6, 6.07) is 0. The van der Waals surface area contributed by atoms with Gasteiger partial charge in [-0.05, 0) is 18.6 Å². The Bertz CT molecular complexity index is 177. The van der Waals surface area contributed by atoms with Crippen molar-refractivity contribution in [2.45, 2.75) is 19.8 Å². The minimum absolute atomic E-state index is 0.390. The van der Waals surface area contributed by atoms with Crippen molar-refractivity contribution in [1.29, 1.82) is 0 Å². The van der Waals surface area contributed by atoms with Crippen molar-refractivity contribution in [3.8, 4) is 0 Å². The molecule has 0 spiro atoms. The third-order valence-corrected chi connectivity index (χ3v) is 1.31. The number of rotatable bonds is 2. The molecule has 0 saturated heterocycles. The first-order chi connectivity index (χ1) is 4.35. The summed E-state index contributed by atoms with van der Waals surface area (Å²) >= 11 is 4.71. The van der Waals surface area contributed by atoms with Crippen molar-refractivity contribution in [2.24, 2.45) is 4.99 Å². The molecular formula is C5H7NOS2. The van der Waals surface area contributed by atoms with Crippen molar-refractivity contribution in [2.75, 3.05) is 0 Å². The molecule has 0 atom stereocenters. The summed E-state index contributed by atoms with van der Waals surface area (Å²) in [5.41, 5.74) is 0. The van der Waals surface area contributed by atoms with Crippen LogP contribution in [0.15, 0.2) is 4.99 Å². The number of thiocarbonyl (C=S) groups is 1. The molecule has 0 unspecified atom stereocenters. The van der Waals surface area contributed by atoms with Gasteiger partial charge in [0.1, 0.15) is 16.2 Å². The predicted octanol–water partition coefficient (Wildman–Crippen LogP) is 1.23. The third kappa shape index (κ3) is 4.21.